The summed E-state index contributed by atoms with van der Waals surface area (Å²) in [4.78, 5) is 25.5. The minimum Gasteiger partial charge on any atom is -0.323 e. The van der Waals surface area contributed by atoms with E-state index in [1.165, 1.54) is 11.3 Å². The van der Waals surface area contributed by atoms with E-state index in [1.807, 2.05) is 6.92 Å². The quantitative estimate of drug-likeness (QED) is 0.767. The lowest BCUT2D eigenvalue weighted by atomic mass is 9.75. The van der Waals surface area contributed by atoms with Gasteiger partial charge in [0.15, 0.2) is 0 Å². The fourth-order valence-electron chi connectivity index (χ4n) is 3.02. The van der Waals surface area contributed by atoms with E-state index in [9.17, 15) is 9.59 Å². The van der Waals surface area contributed by atoms with Crippen molar-refractivity contribution in [3.8, 4) is 0 Å². The third-order valence-electron chi connectivity index (χ3n) is 4.23. The Labute approximate surface area is 103 Å². The van der Waals surface area contributed by atoms with Gasteiger partial charge in [-0.05, 0) is 38.0 Å². The molecule has 4 heteroatoms. The maximum absolute atomic E-state index is 12.3. The third-order valence-corrected chi connectivity index (χ3v) is 4.23. The Bertz CT molecular complexity index is 319. The van der Waals surface area contributed by atoms with Gasteiger partial charge in [-0.3, -0.25) is 9.69 Å². The zero-order chi connectivity index (χ0) is 12.5. The summed E-state index contributed by atoms with van der Waals surface area (Å²) < 4.78 is 0. The molecular formula is C13H22N2O2. The first-order valence-corrected chi connectivity index (χ1v) is 6.77. The molecule has 0 radical (unpaired) electrons. The molecule has 0 atom stereocenters. The molecule has 0 aromatic carbocycles. The van der Waals surface area contributed by atoms with Gasteiger partial charge in [-0.2, -0.15) is 0 Å². The van der Waals surface area contributed by atoms with Gasteiger partial charge in [-0.15, -0.1) is 0 Å². The second kappa shape index (κ2) is 4.67. The van der Waals surface area contributed by atoms with E-state index in [0.717, 1.165) is 38.0 Å². The van der Waals surface area contributed by atoms with Crippen molar-refractivity contribution in [2.75, 3.05) is 6.54 Å². The molecule has 1 saturated carbocycles. The number of urea groups is 1. The Balaban J connectivity index is 2.08. The molecule has 1 N–H and O–H groups in total. The van der Waals surface area contributed by atoms with E-state index in [-0.39, 0.29) is 11.9 Å². The van der Waals surface area contributed by atoms with Gasteiger partial charge in [0.1, 0.15) is 5.54 Å². The number of hydrogen-bond acceptors (Lipinski definition) is 2. The van der Waals surface area contributed by atoms with E-state index in [1.54, 1.807) is 0 Å². The summed E-state index contributed by atoms with van der Waals surface area (Å²) in [5.41, 5.74) is -0.558. The van der Waals surface area contributed by atoms with Crippen molar-refractivity contribution in [2.24, 2.45) is 5.92 Å². The number of hydrogen-bond donors (Lipinski definition) is 1. The van der Waals surface area contributed by atoms with Gasteiger partial charge < -0.3 is 5.32 Å². The van der Waals surface area contributed by atoms with Crippen molar-refractivity contribution >= 4 is 11.9 Å². The summed E-state index contributed by atoms with van der Waals surface area (Å²) in [6, 6.07) is -0.188. The molecule has 17 heavy (non-hydrogen) atoms. The fraction of sp³-hybridized carbons (Fsp3) is 0.846. The zero-order valence-electron chi connectivity index (χ0n) is 10.8. The fourth-order valence-corrected chi connectivity index (χ4v) is 3.02. The van der Waals surface area contributed by atoms with Gasteiger partial charge in [0.25, 0.3) is 5.91 Å². The highest BCUT2D eigenvalue weighted by atomic mass is 16.2. The number of nitrogens with one attached hydrogen (secondary N) is 1. The van der Waals surface area contributed by atoms with Crippen LogP contribution in [-0.4, -0.2) is 28.9 Å². The van der Waals surface area contributed by atoms with Crippen LogP contribution in [0.5, 0.6) is 0 Å². The molecule has 4 nitrogen and oxygen atoms in total. The number of carbonyl (C=O) groups is 2. The highest BCUT2D eigenvalue weighted by Gasteiger charge is 2.51. The molecule has 0 aromatic heterocycles. The van der Waals surface area contributed by atoms with Crippen LogP contribution in [-0.2, 0) is 4.79 Å². The minimum atomic E-state index is -0.558. The van der Waals surface area contributed by atoms with Crippen molar-refractivity contribution in [3.63, 3.8) is 0 Å². The topological polar surface area (TPSA) is 49.4 Å². The molecule has 2 aliphatic rings. The lowest BCUT2D eigenvalue weighted by Gasteiger charge is -2.34. The van der Waals surface area contributed by atoms with Crippen LogP contribution in [0.15, 0.2) is 0 Å². The number of imide groups is 1. The second-order valence-corrected chi connectivity index (χ2v) is 5.32. The van der Waals surface area contributed by atoms with Crippen molar-refractivity contribution in [1.82, 2.24) is 10.2 Å². The van der Waals surface area contributed by atoms with Gasteiger partial charge in [-0.1, -0.05) is 20.3 Å². The number of nitrogens with zero attached hydrogens (tertiary/aromatic N) is 1. The summed E-state index contributed by atoms with van der Waals surface area (Å²) in [6.45, 7) is 4.73. The molecule has 1 spiro atoms. The van der Waals surface area contributed by atoms with Crippen molar-refractivity contribution in [2.45, 2.75) is 57.9 Å². The molecular weight excluding hydrogens is 216 g/mol. The first-order chi connectivity index (χ1) is 8.13. The van der Waals surface area contributed by atoms with E-state index >= 15 is 0 Å². The van der Waals surface area contributed by atoms with Crippen LogP contribution < -0.4 is 5.32 Å². The van der Waals surface area contributed by atoms with Crippen LogP contribution in [0.2, 0.25) is 0 Å². The summed E-state index contributed by atoms with van der Waals surface area (Å²) in [7, 11) is 0. The molecule has 1 heterocycles. The van der Waals surface area contributed by atoms with Gasteiger partial charge in [0.05, 0.1) is 0 Å². The van der Waals surface area contributed by atoms with Crippen LogP contribution in [0.3, 0.4) is 0 Å². The Morgan fingerprint density at radius 3 is 2.47 bits per heavy atom. The van der Waals surface area contributed by atoms with Crippen molar-refractivity contribution < 1.29 is 9.59 Å². The molecule has 1 aliphatic heterocycles. The third kappa shape index (κ3) is 2.05. The average Bonchev–Trinajstić information content (AvgIpc) is 2.56. The molecule has 2 rings (SSSR count). The first-order valence-electron chi connectivity index (χ1n) is 6.77. The Morgan fingerprint density at radius 2 is 1.94 bits per heavy atom. The number of carbonyl (C=O) groups excluding carboxylic acids is 2. The largest absolute Gasteiger partial charge is 0.325 e. The maximum Gasteiger partial charge on any atom is 0.325 e. The van der Waals surface area contributed by atoms with Crippen LogP contribution in [0, 0.1) is 5.92 Å². The lowest BCUT2D eigenvalue weighted by molar-refractivity contribution is -0.132. The average molecular weight is 238 g/mol. The van der Waals surface area contributed by atoms with E-state index in [0.29, 0.717) is 6.54 Å². The van der Waals surface area contributed by atoms with Crippen LogP contribution in [0.25, 0.3) is 0 Å². The Morgan fingerprint density at radius 1 is 1.29 bits per heavy atom. The second-order valence-electron chi connectivity index (χ2n) is 5.32. The summed E-state index contributed by atoms with van der Waals surface area (Å²) in [5.74, 6) is 0.740. The maximum atomic E-state index is 12.3. The molecule has 0 aromatic rings. The van der Waals surface area contributed by atoms with Crippen LogP contribution in [0.4, 0.5) is 4.79 Å². The van der Waals surface area contributed by atoms with Gasteiger partial charge >= 0.3 is 6.03 Å². The van der Waals surface area contributed by atoms with Gasteiger partial charge in [0, 0.05) is 6.54 Å². The monoisotopic (exact) mass is 238 g/mol. The normalized spacial score (nSPS) is 33.3. The minimum absolute atomic E-state index is 0.0129. The standard InChI is InChI=1S/C13H22N2O2/c1-3-9-15-11(16)13(14-12(15)17)7-5-10(4-2)6-8-13/h10H,3-9H2,1-2H3,(H,14,17). The predicted molar refractivity (Wildman–Crippen MR) is 65.5 cm³/mol. The number of amides is 3. The van der Waals surface area contributed by atoms with E-state index in [2.05, 4.69) is 12.2 Å². The van der Waals surface area contributed by atoms with Gasteiger partial charge in [-0.25, -0.2) is 4.79 Å². The van der Waals surface area contributed by atoms with Crippen LogP contribution in [0.1, 0.15) is 52.4 Å². The summed E-state index contributed by atoms with van der Waals surface area (Å²) >= 11 is 0. The predicted octanol–water partition coefficient (Wildman–Crippen LogP) is 2.29. The summed E-state index contributed by atoms with van der Waals surface area (Å²) in [5, 5.41) is 2.94. The Kier molecular flexibility index (Phi) is 3.40. The van der Waals surface area contributed by atoms with Crippen molar-refractivity contribution in [1.29, 1.82) is 0 Å². The number of rotatable bonds is 3. The highest BCUT2D eigenvalue weighted by molar-refractivity contribution is 6.07. The first kappa shape index (κ1) is 12.4. The Hall–Kier alpha value is -1.06. The smallest absolute Gasteiger partial charge is 0.323 e. The highest BCUT2D eigenvalue weighted by Crippen LogP contribution is 2.37. The van der Waals surface area contributed by atoms with Gasteiger partial charge in [0.2, 0.25) is 0 Å². The van der Waals surface area contributed by atoms with Crippen molar-refractivity contribution in [3.05, 3.63) is 0 Å². The molecule has 1 aliphatic carbocycles. The molecule has 1 saturated heterocycles. The molecule has 0 unspecified atom stereocenters. The molecule has 96 valence electrons. The lowest BCUT2D eigenvalue weighted by Crippen LogP contribution is -2.49. The molecule has 0 bridgehead atoms. The molecule has 3 amide bonds. The zero-order valence-corrected chi connectivity index (χ0v) is 10.8. The van der Waals surface area contributed by atoms with E-state index in [4.69, 9.17) is 0 Å². The summed E-state index contributed by atoms with van der Waals surface area (Å²) in [6.07, 6.45) is 5.75. The SMILES string of the molecule is CCCN1C(=O)NC2(CCC(CC)CC2)C1=O. The van der Waals surface area contributed by atoms with E-state index < -0.39 is 5.54 Å². The molecule has 2 fully saturated rings. The van der Waals surface area contributed by atoms with Crippen LogP contribution >= 0.6 is 0 Å².